The number of hydrogen-bond acceptors (Lipinski definition) is 2. The first-order valence-corrected chi connectivity index (χ1v) is 22.0. The summed E-state index contributed by atoms with van der Waals surface area (Å²) in [6, 6.07) is 37.6. The van der Waals surface area contributed by atoms with Crippen LogP contribution in [0.1, 0.15) is 101 Å². The second kappa shape index (κ2) is 15.6. The molecule has 0 unspecified atom stereocenters. The smallest absolute Gasteiger partial charge is 0.0776 e. The van der Waals surface area contributed by atoms with E-state index in [1.807, 2.05) is 6.07 Å². The Bertz CT molecular complexity index is 1980. The molecule has 1 aliphatic heterocycles. The Morgan fingerprint density at radius 2 is 0.902 bits per heavy atom. The second-order valence-electron chi connectivity index (χ2n) is 16.1. The fourth-order valence-corrected chi connectivity index (χ4v) is 8.45. The normalized spacial score (nSPS) is 13.0. The maximum Gasteiger partial charge on any atom is 0.0776 e. The molecule has 0 atom stereocenters. The molecule has 0 fully saturated rings. The quantitative estimate of drug-likeness (QED) is 0.118. The number of anilines is 4. The van der Waals surface area contributed by atoms with E-state index in [0.29, 0.717) is 23.7 Å². The molecule has 2 heterocycles. The van der Waals surface area contributed by atoms with Crippen LogP contribution in [0.3, 0.4) is 0 Å². The molecule has 0 saturated carbocycles. The van der Waals surface area contributed by atoms with Gasteiger partial charge < -0.3 is 14.8 Å². The summed E-state index contributed by atoms with van der Waals surface area (Å²) in [7, 11) is -1.24. The van der Waals surface area contributed by atoms with Crippen LogP contribution in [0.25, 0.3) is 21.8 Å². The van der Waals surface area contributed by atoms with Crippen molar-refractivity contribution in [3.05, 3.63) is 132 Å². The van der Waals surface area contributed by atoms with Gasteiger partial charge in [-0.1, -0.05) is 171 Å². The van der Waals surface area contributed by atoms with Gasteiger partial charge in [0.25, 0.3) is 0 Å². The van der Waals surface area contributed by atoms with Crippen LogP contribution in [-0.2, 0) is 22.4 Å². The van der Waals surface area contributed by atoms with Crippen LogP contribution in [0.5, 0.6) is 0 Å². The SMILES string of the molecule is CC(C)c1cccc(C(C)C)c1N1[CH-]N(c2c(C(C)C)cccc2C(C)C)c2ccccc21.C[Si](C)(C)c1ccc2[n-]c3ccccc3c2c1.[Au]. The van der Waals surface area contributed by atoms with Crippen molar-refractivity contribution in [3.8, 4) is 0 Å². The van der Waals surface area contributed by atoms with Crippen molar-refractivity contribution in [3.63, 3.8) is 0 Å². The molecule has 7 rings (SSSR count). The van der Waals surface area contributed by atoms with Crippen molar-refractivity contribution in [2.45, 2.75) is 98.7 Å². The molecule has 5 aromatic carbocycles. The van der Waals surface area contributed by atoms with Gasteiger partial charge in [0.2, 0.25) is 0 Å². The van der Waals surface area contributed by atoms with Gasteiger partial charge in [-0.05, 0) is 68.8 Å². The maximum atomic E-state index is 4.65. The van der Waals surface area contributed by atoms with E-state index in [1.165, 1.54) is 61.0 Å². The van der Waals surface area contributed by atoms with Crippen molar-refractivity contribution in [1.82, 2.24) is 4.98 Å². The summed E-state index contributed by atoms with van der Waals surface area (Å²) in [5, 5.41) is 4.09. The number of nitrogens with zero attached hydrogens (tertiary/aromatic N) is 3. The molecule has 1 aliphatic rings. The molecule has 0 bridgehead atoms. The summed E-state index contributed by atoms with van der Waals surface area (Å²) in [4.78, 5) is 9.55. The van der Waals surface area contributed by atoms with Crippen molar-refractivity contribution < 1.29 is 22.4 Å². The van der Waals surface area contributed by atoms with E-state index in [4.69, 9.17) is 0 Å². The van der Waals surface area contributed by atoms with Crippen LogP contribution in [-0.4, -0.2) is 8.07 Å². The van der Waals surface area contributed by atoms with Crippen LogP contribution in [0.4, 0.5) is 22.7 Å². The Labute approximate surface area is 324 Å². The van der Waals surface area contributed by atoms with Crippen molar-refractivity contribution in [2.75, 3.05) is 9.80 Å². The molecule has 0 N–H and O–H groups in total. The molecule has 271 valence electrons. The van der Waals surface area contributed by atoms with Gasteiger partial charge in [-0.25, -0.2) is 0 Å². The molecule has 6 aromatic rings. The van der Waals surface area contributed by atoms with Crippen molar-refractivity contribution in [2.24, 2.45) is 0 Å². The molecular weight excluding hydrogens is 820 g/mol. The van der Waals surface area contributed by atoms with Crippen LogP contribution in [0, 0.1) is 6.67 Å². The largest absolute Gasteiger partial charge is 0.657 e. The molecule has 51 heavy (non-hydrogen) atoms. The van der Waals surface area contributed by atoms with Crippen LogP contribution in [0.15, 0.2) is 103 Å². The number of hydrogen-bond donors (Lipinski definition) is 0. The fraction of sp³-hybridized carbons (Fsp3) is 0.326. The number of fused-ring (bicyclic) bond motifs is 4. The first kappa shape index (κ1) is 38.7. The summed E-state index contributed by atoms with van der Waals surface area (Å²) >= 11 is 0. The van der Waals surface area contributed by atoms with Gasteiger partial charge in [-0.3, -0.25) is 0 Å². The first-order chi connectivity index (χ1) is 23.8. The third-order valence-corrected chi connectivity index (χ3v) is 12.1. The summed E-state index contributed by atoms with van der Waals surface area (Å²) in [6.45, 7) is 27.9. The van der Waals surface area contributed by atoms with E-state index < -0.39 is 8.07 Å². The molecule has 5 heteroatoms. The molecule has 0 spiro atoms. The summed E-state index contributed by atoms with van der Waals surface area (Å²) in [6.07, 6.45) is 0. The van der Waals surface area contributed by atoms with Gasteiger partial charge in [-0.2, -0.15) is 0 Å². The minimum atomic E-state index is -1.24. The van der Waals surface area contributed by atoms with E-state index in [1.54, 1.807) is 0 Å². The minimum Gasteiger partial charge on any atom is -0.657 e. The molecule has 0 amide bonds. The van der Waals surface area contributed by atoms with E-state index in [2.05, 4.69) is 194 Å². The Hall–Kier alpha value is -3.54. The van der Waals surface area contributed by atoms with Crippen LogP contribution >= 0.6 is 0 Å². The van der Waals surface area contributed by atoms with E-state index >= 15 is 0 Å². The van der Waals surface area contributed by atoms with Gasteiger partial charge in [0.05, 0.1) is 8.07 Å². The molecule has 0 aliphatic carbocycles. The monoisotopic (exact) mass is 874 g/mol. The zero-order chi connectivity index (χ0) is 35.9. The summed E-state index contributed by atoms with van der Waals surface area (Å²) in [5.41, 5.74) is 13.0. The topological polar surface area (TPSA) is 20.6 Å². The van der Waals surface area contributed by atoms with Crippen molar-refractivity contribution >= 4 is 57.8 Å². The molecule has 3 nitrogen and oxygen atoms in total. The summed E-state index contributed by atoms with van der Waals surface area (Å²) in [5.74, 6) is 1.79. The average Bonchev–Trinajstić information content (AvgIpc) is 3.65. The van der Waals surface area contributed by atoms with Crippen LogP contribution in [0.2, 0.25) is 19.6 Å². The predicted molar refractivity (Wildman–Crippen MR) is 222 cm³/mol. The van der Waals surface area contributed by atoms with Gasteiger partial charge in [0.1, 0.15) is 0 Å². The Morgan fingerprint density at radius 1 is 0.490 bits per heavy atom. The fourth-order valence-electron chi connectivity index (χ4n) is 7.29. The minimum absolute atomic E-state index is 0. The van der Waals surface area contributed by atoms with Gasteiger partial charge >= 0.3 is 0 Å². The standard InChI is InChI=1S/C31H39N2.C15H16NSi.Au/c1-20(2)24-13-11-14-25(21(3)4)30(24)32-19-33(29-18-10-9-17-28(29)32)31-26(22(5)6)15-12-16-27(31)23(7)8;1-17(2,3)11-8-9-15-13(10-11)12-6-4-5-7-14(12)16-15;/h9-23H,1-8H3;4-10H,1-3H3;/q2*-1;. The van der Waals surface area contributed by atoms with Gasteiger partial charge in [-0.15, -0.1) is 17.7 Å². The predicted octanol–water partition coefficient (Wildman–Crippen LogP) is 13.1. The Balaban J connectivity index is 0.000000235. The number of rotatable bonds is 7. The zero-order valence-electron chi connectivity index (χ0n) is 32.3. The molecule has 1 radical (unpaired) electrons. The van der Waals surface area contributed by atoms with Gasteiger partial charge in [0, 0.05) is 45.1 Å². The average molecular weight is 875 g/mol. The van der Waals surface area contributed by atoms with E-state index in [-0.39, 0.29) is 22.4 Å². The number of benzene rings is 5. The van der Waals surface area contributed by atoms with E-state index in [0.717, 1.165) is 11.0 Å². The zero-order valence-corrected chi connectivity index (χ0v) is 35.5. The summed E-state index contributed by atoms with van der Waals surface area (Å²) < 4.78 is 0. The second-order valence-corrected chi connectivity index (χ2v) is 21.2. The number of aromatic nitrogens is 1. The molecule has 0 saturated heterocycles. The van der Waals surface area contributed by atoms with Gasteiger partial charge in [0.15, 0.2) is 0 Å². The third kappa shape index (κ3) is 7.66. The van der Waals surface area contributed by atoms with E-state index in [9.17, 15) is 0 Å². The molecular formula is C46H55AuN3Si-2. The number of para-hydroxylation sites is 5. The Kier molecular flexibility index (Phi) is 11.8. The first-order valence-electron chi connectivity index (χ1n) is 18.5. The maximum absolute atomic E-state index is 4.65. The third-order valence-electron chi connectivity index (χ3n) is 10.1. The Morgan fingerprint density at radius 3 is 1.33 bits per heavy atom. The van der Waals surface area contributed by atoms with Crippen LogP contribution < -0.4 is 20.0 Å². The molecule has 1 aromatic heterocycles. The van der Waals surface area contributed by atoms with Crippen molar-refractivity contribution in [1.29, 1.82) is 0 Å².